The molecule has 2 aromatic rings. The van der Waals surface area contributed by atoms with Crippen LogP contribution in [0.5, 0.6) is 0 Å². The number of nitrogens with zero attached hydrogens (tertiary/aromatic N) is 3. The monoisotopic (exact) mass is 577 g/mol. The van der Waals surface area contributed by atoms with Crippen LogP contribution in [0.2, 0.25) is 0 Å². The van der Waals surface area contributed by atoms with Crippen molar-refractivity contribution in [3.8, 4) is 0 Å². The van der Waals surface area contributed by atoms with Gasteiger partial charge in [-0.05, 0) is 69.4 Å². The molecule has 42 heavy (non-hydrogen) atoms. The Labute approximate surface area is 253 Å². The largest absolute Gasteiger partial charge is 0.372 e. The number of likely N-dealkylation sites (tertiary alicyclic amines) is 1. The maximum atomic E-state index is 14.6. The van der Waals surface area contributed by atoms with E-state index in [1.807, 2.05) is 26.0 Å². The van der Waals surface area contributed by atoms with Gasteiger partial charge in [-0.25, -0.2) is 9.37 Å². The lowest BCUT2D eigenvalue weighted by Crippen LogP contribution is -2.30. The predicted octanol–water partition coefficient (Wildman–Crippen LogP) is 7.52. The third-order valence-corrected chi connectivity index (χ3v) is 5.90. The Hall–Kier alpha value is -3.74. The highest BCUT2D eigenvalue weighted by Crippen LogP contribution is 2.24. The van der Waals surface area contributed by atoms with Crippen molar-refractivity contribution in [2.45, 2.75) is 87.1 Å². The van der Waals surface area contributed by atoms with Crippen LogP contribution >= 0.6 is 0 Å². The summed E-state index contributed by atoms with van der Waals surface area (Å²) in [5, 5.41) is 7.33. The number of nitrogens with one attached hydrogen (secondary N) is 2. The summed E-state index contributed by atoms with van der Waals surface area (Å²) >= 11 is 0. The molecule has 0 saturated carbocycles. The third-order valence-electron chi connectivity index (χ3n) is 5.90. The topological polar surface area (TPSA) is 70.1 Å². The fraction of sp³-hybridized carbons (Fsp3) is 0.457. The highest BCUT2D eigenvalue weighted by atomic mass is 19.1. The molecule has 1 aromatic carbocycles. The Morgan fingerprint density at radius 2 is 1.74 bits per heavy atom. The van der Waals surface area contributed by atoms with E-state index in [0.29, 0.717) is 28.0 Å². The summed E-state index contributed by atoms with van der Waals surface area (Å²) in [5.74, 6) is 0.686. The number of aromatic nitrogens is 2. The van der Waals surface area contributed by atoms with E-state index in [1.54, 1.807) is 37.4 Å². The van der Waals surface area contributed by atoms with E-state index in [4.69, 9.17) is 0 Å². The quantitative estimate of drug-likeness (QED) is 0.238. The maximum absolute atomic E-state index is 14.6. The molecule has 0 spiro atoms. The molecule has 230 valence electrons. The molecule has 1 aliphatic heterocycles. The van der Waals surface area contributed by atoms with Crippen molar-refractivity contribution < 1.29 is 9.18 Å². The van der Waals surface area contributed by atoms with Gasteiger partial charge in [0.2, 0.25) is 0 Å². The molecular formula is C35H52FN5O. The van der Waals surface area contributed by atoms with E-state index in [2.05, 4.69) is 73.3 Å². The highest BCUT2D eigenvalue weighted by molar-refractivity contribution is 6.05. The lowest BCUT2D eigenvalue weighted by molar-refractivity contribution is -0.112. The number of carbonyl (C=O) groups excluding carboxylic acids is 1. The molecule has 1 unspecified atom stereocenters. The van der Waals surface area contributed by atoms with Crippen LogP contribution in [0.1, 0.15) is 92.7 Å². The third kappa shape index (κ3) is 12.8. The van der Waals surface area contributed by atoms with Gasteiger partial charge in [0.15, 0.2) is 0 Å². The van der Waals surface area contributed by atoms with Gasteiger partial charge in [-0.3, -0.25) is 9.78 Å². The molecule has 1 atom stereocenters. The number of allylic oxidation sites excluding steroid dienone is 2. The molecule has 6 nitrogen and oxygen atoms in total. The Balaban J connectivity index is 0.00000114. The molecule has 7 heteroatoms. The lowest BCUT2D eigenvalue weighted by atomic mass is 10.1. The molecular weight excluding hydrogens is 525 g/mol. The standard InChI is InChI=1S/C28H34FN5O.C4H10.C3H8/c1-6-10-26-21(5)32-27(18-30-26)31-20(4)24-17-23(13-14-25(24)29)33-28(35)22(7-2)12-11-19(3)34-15-8-9-16-34;1-4(2)3;1-3-2/h7,10-14,17-18,20H,3,5-6,8-9,15-16H2,1-2,4H3,(H,31,32)(H,33,35);4H,1-3H3;3H2,1-2H3/b12-11-,22-7+,26-10+;;. The number of carbonyl (C=O) groups is 1. The van der Waals surface area contributed by atoms with Gasteiger partial charge in [-0.2, -0.15) is 0 Å². The predicted molar refractivity (Wildman–Crippen MR) is 178 cm³/mol. The van der Waals surface area contributed by atoms with Crippen LogP contribution in [0.25, 0.3) is 12.7 Å². The summed E-state index contributed by atoms with van der Waals surface area (Å²) in [4.78, 5) is 23.8. The second kappa shape index (κ2) is 19.4. The van der Waals surface area contributed by atoms with Gasteiger partial charge in [0.05, 0.1) is 22.9 Å². The van der Waals surface area contributed by atoms with E-state index in [1.165, 1.54) is 12.5 Å². The van der Waals surface area contributed by atoms with Gasteiger partial charge in [-0.1, -0.05) is 73.3 Å². The van der Waals surface area contributed by atoms with Gasteiger partial charge >= 0.3 is 0 Å². The number of rotatable bonds is 9. The molecule has 2 heterocycles. The SMILES string of the molecule is C=C(/C=C\C(=C/C)C(=O)Nc1ccc(F)c(C(C)Nc2cn/c(=C/CC)c(=C)n2)c1)N1CCCC1.CC(C)C.CCC. The molecule has 1 aromatic heterocycles. The van der Waals surface area contributed by atoms with Crippen LogP contribution in [-0.4, -0.2) is 33.9 Å². The smallest absolute Gasteiger partial charge is 0.255 e. The molecule has 1 amide bonds. The highest BCUT2D eigenvalue weighted by Gasteiger charge is 2.15. The normalized spacial score (nSPS) is 14.2. The van der Waals surface area contributed by atoms with Crippen molar-refractivity contribution in [3.05, 3.63) is 82.6 Å². The van der Waals surface area contributed by atoms with Gasteiger partial charge < -0.3 is 15.5 Å². The summed E-state index contributed by atoms with van der Waals surface area (Å²) < 4.78 is 14.6. The van der Waals surface area contributed by atoms with E-state index in [-0.39, 0.29) is 11.7 Å². The minimum Gasteiger partial charge on any atom is -0.372 e. The summed E-state index contributed by atoms with van der Waals surface area (Å²) in [6.45, 7) is 26.4. The van der Waals surface area contributed by atoms with Gasteiger partial charge in [0, 0.05) is 35.6 Å². The van der Waals surface area contributed by atoms with Crippen LogP contribution in [-0.2, 0) is 4.79 Å². The fourth-order valence-electron chi connectivity index (χ4n) is 3.93. The molecule has 1 fully saturated rings. The number of benzene rings is 1. The van der Waals surface area contributed by atoms with E-state index < -0.39 is 6.04 Å². The first-order valence-corrected chi connectivity index (χ1v) is 15.1. The second-order valence-electron chi connectivity index (χ2n) is 11.0. The van der Waals surface area contributed by atoms with Crippen LogP contribution in [0.15, 0.2) is 60.5 Å². The van der Waals surface area contributed by atoms with Crippen molar-refractivity contribution in [2.75, 3.05) is 23.7 Å². The van der Waals surface area contributed by atoms with Crippen LogP contribution in [0, 0.1) is 11.7 Å². The van der Waals surface area contributed by atoms with Crippen molar-refractivity contribution >= 4 is 30.1 Å². The van der Waals surface area contributed by atoms with Crippen molar-refractivity contribution in [1.82, 2.24) is 14.9 Å². The maximum Gasteiger partial charge on any atom is 0.255 e. The number of anilines is 2. The van der Waals surface area contributed by atoms with Crippen molar-refractivity contribution in [1.29, 1.82) is 0 Å². The summed E-state index contributed by atoms with van der Waals surface area (Å²) in [7, 11) is 0. The first kappa shape index (κ1) is 36.3. The zero-order chi connectivity index (χ0) is 31.7. The van der Waals surface area contributed by atoms with Crippen LogP contribution in [0.3, 0.4) is 0 Å². The van der Waals surface area contributed by atoms with Crippen LogP contribution in [0.4, 0.5) is 15.9 Å². The summed E-state index contributed by atoms with van der Waals surface area (Å²) in [5.41, 5.74) is 2.31. The number of halogens is 1. The van der Waals surface area contributed by atoms with E-state index in [9.17, 15) is 9.18 Å². The van der Waals surface area contributed by atoms with Crippen molar-refractivity contribution in [3.63, 3.8) is 0 Å². The molecule has 0 aliphatic carbocycles. The average Bonchev–Trinajstić information content (AvgIpc) is 3.47. The van der Waals surface area contributed by atoms with Gasteiger partial charge in [0.25, 0.3) is 5.91 Å². The van der Waals surface area contributed by atoms with Crippen molar-refractivity contribution in [2.24, 2.45) is 5.92 Å². The van der Waals surface area contributed by atoms with Gasteiger partial charge in [-0.15, -0.1) is 0 Å². The molecule has 3 rings (SSSR count). The summed E-state index contributed by atoms with van der Waals surface area (Å²) in [6.07, 6.45) is 13.3. The molecule has 0 bridgehead atoms. The second-order valence-corrected chi connectivity index (χ2v) is 11.0. The lowest BCUT2D eigenvalue weighted by Gasteiger charge is -2.18. The Bertz CT molecular complexity index is 1310. The number of hydrogen-bond acceptors (Lipinski definition) is 5. The first-order valence-electron chi connectivity index (χ1n) is 15.1. The fourth-order valence-corrected chi connectivity index (χ4v) is 3.93. The Morgan fingerprint density at radius 3 is 2.29 bits per heavy atom. The molecule has 1 aliphatic rings. The summed E-state index contributed by atoms with van der Waals surface area (Å²) in [6, 6.07) is 4.11. The number of amides is 1. The van der Waals surface area contributed by atoms with E-state index in [0.717, 1.165) is 49.3 Å². The Morgan fingerprint density at radius 1 is 1.12 bits per heavy atom. The van der Waals surface area contributed by atoms with Gasteiger partial charge in [0.1, 0.15) is 11.6 Å². The zero-order valence-corrected chi connectivity index (χ0v) is 27.1. The number of hydrogen-bond donors (Lipinski definition) is 2. The Kier molecular flexibility index (Phi) is 16.8. The van der Waals surface area contributed by atoms with E-state index >= 15 is 0 Å². The first-order chi connectivity index (χ1) is 20.0. The minimum atomic E-state index is -0.411. The average molecular weight is 578 g/mol. The van der Waals surface area contributed by atoms with Crippen LogP contribution < -0.4 is 21.3 Å². The molecule has 2 N–H and O–H groups in total. The molecule has 0 radical (unpaired) electrons. The zero-order valence-electron chi connectivity index (χ0n) is 27.1. The molecule has 1 saturated heterocycles. The minimum absolute atomic E-state index is 0.272.